The van der Waals surface area contributed by atoms with E-state index in [1.54, 1.807) is 37.3 Å². The minimum Gasteiger partial charge on any atom is -0.482 e. The second-order valence-corrected chi connectivity index (χ2v) is 6.94. The van der Waals surface area contributed by atoms with Crippen molar-refractivity contribution in [3.8, 4) is 16.3 Å². The van der Waals surface area contributed by atoms with Crippen molar-refractivity contribution < 1.29 is 18.7 Å². The van der Waals surface area contributed by atoms with Gasteiger partial charge in [0, 0.05) is 11.3 Å². The molecule has 0 bridgehead atoms. The summed E-state index contributed by atoms with van der Waals surface area (Å²) in [5.74, 6) is -0.316. The van der Waals surface area contributed by atoms with Crippen LogP contribution >= 0.6 is 11.3 Å². The highest BCUT2D eigenvalue weighted by Crippen LogP contribution is 2.32. The number of carbonyl (C=O) groups is 2. The van der Waals surface area contributed by atoms with E-state index >= 15 is 0 Å². The molecule has 3 aromatic rings. The number of rotatable bonds is 3. The maximum atomic E-state index is 13.1. The van der Waals surface area contributed by atoms with Crippen LogP contribution in [0.1, 0.15) is 15.4 Å². The average Bonchev–Trinajstić information content (AvgIpc) is 3.04. The van der Waals surface area contributed by atoms with Gasteiger partial charge in [-0.2, -0.15) is 0 Å². The lowest BCUT2D eigenvalue weighted by atomic mass is 10.2. The fraction of sp³-hybridized carbons (Fsp3) is 0.105. The van der Waals surface area contributed by atoms with E-state index in [1.165, 1.54) is 23.5 Å². The Morgan fingerprint density at radius 3 is 2.81 bits per heavy atom. The third-order valence-corrected chi connectivity index (χ3v) is 5.17. The number of aryl methyl sites for hydroxylation is 1. The van der Waals surface area contributed by atoms with Crippen LogP contribution in [0.4, 0.5) is 15.8 Å². The molecule has 1 aliphatic rings. The summed E-state index contributed by atoms with van der Waals surface area (Å²) in [4.78, 5) is 29.0. The summed E-state index contributed by atoms with van der Waals surface area (Å²) in [6.07, 6.45) is 0. The van der Waals surface area contributed by atoms with Gasteiger partial charge in [-0.15, -0.1) is 11.3 Å². The number of thiazole rings is 1. The molecule has 0 atom stereocenters. The topological polar surface area (TPSA) is 80.3 Å². The van der Waals surface area contributed by atoms with Crippen molar-refractivity contribution in [1.82, 2.24) is 4.98 Å². The first-order valence-corrected chi connectivity index (χ1v) is 8.92. The quantitative estimate of drug-likeness (QED) is 0.720. The van der Waals surface area contributed by atoms with Gasteiger partial charge in [0.1, 0.15) is 21.5 Å². The molecule has 0 saturated heterocycles. The molecule has 0 unspecified atom stereocenters. The lowest BCUT2D eigenvalue weighted by Gasteiger charge is -2.18. The Morgan fingerprint density at radius 1 is 1.26 bits per heavy atom. The van der Waals surface area contributed by atoms with E-state index in [0.29, 0.717) is 32.7 Å². The van der Waals surface area contributed by atoms with Gasteiger partial charge in [-0.3, -0.25) is 9.59 Å². The number of ether oxygens (including phenoxy) is 1. The Hall–Kier alpha value is -3.26. The van der Waals surface area contributed by atoms with Gasteiger partial charge in [-0.05, 0) is 49.4 Å². The highest BCUT2D eigenvalue weighted by Gasteiger charge is 2.19. The number of anilines is 2. The van der Waals surface area contributed by atoms with Gasteiger partial charge in [0.2, 0.25) is 0 Å². The molecule has 27 heavy (non-hydrogen) atoms. The first-order valence-electron chi connectivity index (χ1n) is 8.11. The van der Waals surface area contributed by atoms with E-state index in [4.69, 9.17) is 4.74 Å². The Labute approximate surface area is 158 Å². The molecule has 6 nitrogen and oxygen atoms in total. The zero-order valence-corrected chi connectivity index (χ0v) is 15.0. The molecule has 0 fully saturated rings. The predicted octanol–water partition coefficient (Wildman–Crippen LogP) is 3.84. The molecule has 0 spiro atoms. The monoisotopic (exact) mass is 383 g/mol. The van der Waals surface area contributed by atoms with Crippen molar-refractivity contribution in [2.75, 3.05) is 17.2 Å². The molecule has 0 radical (unpaired) electrons. The molecule has 8 heteroatoms. The summed E-state index contributed by atoms with van der Waals surface area (Å²) < 4.78 is 18.4. The van der Waals surface area contributed by atoms with E-state index in [2.05, 4.69) is 15.6 Å². The van der Waals surface area contributed by atoms with Crippen LogP contribution in [0.3, 0.4) is 0 Å². The van der Waals surface area contributed by atoms with E-state index in [-0.39, 0.29) is 24.2 Å². The van der Waals surface area contributed by atoms with Gasteiger partial charge in [-0.1, -0.05) is 0 Å². The van der Waals surface area contributed by atoms with Gasteiger partial charge in [0.25, 0.3) is 11.8 Å². The Bertz CT molecular complexity index is 1050. The van der Waals surface area contributed by atoms with Gasteiger partial charge >= 0.3 is 0 Å². The van der Waals surface area contributed by atoms with Crippen LogP contribution in [-0.2, 0) is 4.79 Å². The number of carbonyl (C=O) groups excluding carboxylic acids is 2. The third-order valence-electron chi connectivity index (χ3n) is 3.96. The lowest BCUT2D eigenvalue weighted by Crippen LogP contribution is -2.25. The Morgan fingerprint density at radius 2 is 2.04 bits per heavy atom. The van der Waals surface area contributed by atoms with E-state index in [1.807, 2.05) is 0 Å². The minimum absolute atomic E-state index is 0.0229. The normalized spacial score (nSPS) is 12.7. The highest BCUT2D eigenvalue weighted by molar-refractivity contribution is 7.17. The zero-order chi connectivity index (χ0) is 19.0. The maximum Gasteiger partial charge on any atom is 0.267 e. The second kappa shape index (κ2) is 6.81. The third kappa shape index (κ3) is 3.52. The number of fused-ring (bicyclic) bond motifs is 1. The number of hydrogen-bond acceptors (Lipinski definition) is 5. The van der Waals surface area contributed by atoms with Crippen molar-refractivity contribution in [3.05, 3.63) is 58.9 Å². The van der Waals surface area contributed by atoms with Crippen LogP contribution in [0.2, 0.25) is 0 Å². The Kier molecular flexibility index (Phi) is 4.33. The van der Waals surface area contributed by atoms with Crippen molar-refractivity contribution in [3.63, 3.8) is 0 Å². The summed E-state index contributed by atoms with van der Waals surface area (Å²) in [6, 6.07) is 11.0. The van der Waals surface area contributed by atoms with Crippen LogP contribution in [0.25, 0.3) is 10.6 Å². The van der Waals surface area contributed by atoms with Gasteiger partial charge in [0.15, 0.2) is 6.61 Å². The molecule has 2 amide bonds. The molecule has 1 aromatic heterocycles. The molecule has 2 aromatic carbocycles. The van der Waals surface area contributed by atoms with Gasteiger partial charge in [0.05, 0.1) is 11.4 Å². The summed E-state index contributed by atoms with van der Waals surface area (Å²) in [6.45, 7) is 1.73. The molecular formula is C19H14FN3O3S. The highest BCUT2D eigenvalue weighted by atomic mass is 32.1. The molecule has 136 valence electrons. The van der Waals surface area contributed by atoms with Crippen LogP contribution in [0, 0.1) is 12.7 Å². The molecular weight excluding hydrogens is 369 g/mol. The number of nitrogens with one attached hydrogen (secondary N) is 2. The molecule has 1 aliphatic heterocycles. The van der Waals surface area contributed by atoms with Gasteiger partial charge in [-0.25, -0.2) is 9.37 Å². The van der Waals surface area contributed by atoms with Crippen molar-refractivity contribution in [2.45, 2.75) is 6.92 Å². The summed E-state index contributed by atoms with van der Waals surface area (Å²) >= 11 is 1.23. The molecule has 0 aliphatic carbocycles. The molecule has 4 rings (SSSR count). The van der Waals surface area contributed by atoms with E-state index in [0.717, 1.165) is 5.56 Å². The van der Waals surface area contributed by atoms with Gasteiger partial charge < -0.3 is 15.4 Å². The second-order valence-electron chi connectivity index (χ2n) is 5.94. The number of halogens is 1. The predicted molar refractivity (Wildman–Crippen MR) is 101 cm³/mol. The smallest absolute Gasteiger partial charge is 0.267 e. The van der Waals surface area contributed by atoms with Crippen LogP contribution in [0.5, 0.6) is 5.75 Å². The number of hydrogen-bond donors (Lipinski definition) is 2. The Balaban J connectivity index is 1.56. The average molecular weight is 383 g/mol. The summed E-state index contributed by atoms with van der Waals surface area (Å²) in [7, 11) is 0. The number of nitrogens with zero attached hydrogens (tertiary/aromatic N) is 1. The molecule has 2 N–H and O–H groups in total. The first kappa shape index (κ1) is 17.2. The minimum atomic E-state index is -0.325. The lowest BCUT2D eigenvalue weighted by molar-refractivity contribution is -0.118. The van der Waals surface area contributed by atoms with E-state index in [9.17, 15) is 14.0 Å². The molecule has 0 saturated carbocycles. The van der Waals surface area contributed by atoms with Crippen molar-refractivity contribution in [2.24, 2.45) is 0 Å². The standard InChI is InChI=1S/C19H14FN3O3S/c1-10-17(27-19(21-10)11-2-4-12(20)5-3-11)18(25)22-13-6-7-15-14(8-13)23-16(24)9-26-15/h2-8H,9H2,1H3,(H,22,25)(H,23,24). The number of aromatic nitrogens is 1. The summed E-state index contributed by atoms with van der Waals surface area (Å²) in [5, 5.41) is 6.14. The van der Waals surface area contributed by atoms with Crippen LogP contribution < -0.4 is 15.4 Å². The zero-order valence-electron chi connectivity index (χ0n) is 14.2. The SMILES string of the molecule is Cc1nc(-c2ccc(F)cc2)sc1C(=O)Nc1ccc2c(c1)NC(=O)CO2. The number of amides is 2. The van der Waals surface area contributed by atoms with Crippen LogP contribution in [0.15, 0.2) is 42.5 Å². The first-order chi connectivity index (χ1) is 13.0. The summed E-state index contributed by atoms with van der Waals surface area (Å²) in [5.41, 5.74) is 2.38. The fourth-order valence-electron chi connectivity index (χ4n) is 2.67. The van der Waals surface area contributed by atoms with Crippen molar-refractivity contribution in [1.29, 1.82) is 0 Å². The fourth-order valence-corrected chi connectivity index (χ4v) is 3.64. The molecule has 2 heterocycles. The largest absolute Gasteiger partial charge is 0.482 e. The van der Waals surface area contributed by atoms with E-state index < -0.39 is 0 Å². The maximum absolute atomic E-state index is 13.1. The van der Waals surface area contributed by atoms with Crippen LogP contribution in [-0.4, -0.2) is 23.4 Å². The van der Waals surface area contributed by atoms with Crippen molar-refractivity contribution >= 4 is 34.5 Å². The number of benzene rings is 2.